The maximum atomic E-state index is 12.6. The van der Waals surface area contributed by atoms with Crippen molar-refractivity contribution >= 4 is 15.9 Å². The third kappa shape index (κ3) is 3.44. The third-order valence-corrected chi connectivity index (χ3v) is 5.07. The fraction of sp³-hybridized carbons (Fsp3) is 0.692. The van der Waals surface area contributed by atoms with Crippen LogP contribution in [0.3, 0.4) is 0 Å². The van der Waals surface area contributed by atoms with E-state index in [0.717, 1.165) is 19.3 Å². The Bertz CT molecular complexity index is 648. The van der Waals surface area contributed by atoms with Gasteiger partial charge in [-0.05, 0) is 31.6 Å². The van der Waals surface area contributed by atoms with Crippen LogP contribution >= 0.6 is 0 Å². The van der Waals surface area contributed by atoms with Gasteiger partial charge in [0, 0.05) is 13.1 Å². The van der Waals surface area contributed by atoms with E-state index in [0.29, 0.717) is 13.1 Å². The topological polar surface area (TPSA) is 109 Å². The number of nitrogens with one attached hydrogen (secondary N) is 1. The van der Waals surface area contributed by atoms with Crippen molar-refractivity contribution in [1.82, 2.24) is 15.1 Å². The summed E-state index contributed by atoms with van der Waals surface area (Å²) in [5, 5.41) is 11.6. The molecule has 0 saturated carbocycles. The smallest absolute Gasteiger partial charge is 0.275 e. The van der Waals surface area contributed by atoms with Crippen LogP contribution in [0.4, 0.5) is 0 Å². The van der Waals surface area contributed by atoms with Crippen LogP contribution in [0.2, 0.25) is 0 Å². The maximum absolute atomic E-state index is 12.6. The molecule has 1 aliphatic heterocycles. The summed E-state index contributed by atoms with van der Waals surface area (Å²) in [7, 11) is -3.98. The molecule has 7 nitrogen and oxygen atoms in total. The zero-order valence-electron chi connectivity index (χ0n) is 12.6. The van der Waals surface area contributed by atoms with Crippen molar-refractivity contribution in [3.63, 3.8) is 0 Å². The number of H-pyrrole nitrogens is 1. The first kappa shape index (κ1) is 16.0. The number of hydrogen-bond donors (Lipinski definition) is 2. The number of likely N-dealkylation sites (tertiary alicyclic amines) is 1. The van der Waals surface area contributed by atoms with E-state index in [1.807, 2.05) is 0 Å². The summed E-state index contributed by atoms with van der Waals surface area (Å²) in [5.74, 6) is -0.374. The van der Waals surface area contributed by atoms with E-state index in [9.17, 15) is 13.2 Å². The van der Waals surface area contributed by atoms with Gasteiger partial charge in [-0.3, -0.25) is 9.89 Å². The number of carbonyl (C=O) groups is 1. The molecule has 1 aromatic rings. The van der Waals surface area contributed by atoms with Crippen molar-refractivity contribution in [3.8, 4) is 0 Å². The second kappa shape index (κ2) is 5.42. The van der Waals surface area contributed by atoms with Gasteiger partial charge in [0.05, 0.1) is 5.69 Å². The number of nitrogens with zero attached hydrogens (tertiary/aromatic N) is 2. The van der Waals surface area contributed by atoms with E-state index < -0.39 is 10.0 Å². The number of aromatic amines is 1. The van der Waals surface area contributed by atoms with Crippen molar-refractivity contribution in [2.45, 2.75) is 44.9 Å². The number of sulfonamides is 1. The normalized spacial score (nSPS) is 19.3. The van der Waals surface area contributed by atoms with Gasteiger partial charge in [0.1, 0.15) is 4.90 Å². The van der Waals surface area contributed by atoms with E-state index in [4.69, 9.17) is 5.14 Å². The molecule has 1 aliphatic rings. The number of aromatic nitrogens is 2. The standard InChI is InChI=1S/C13H22N4O3S/c1-9-11(21(14,19)20)10(16-15-9)12(18)17-7-4-5-13(2,3)6-8-17/h4-8H2,1-3H3,(H,15,16)(H2,14,19,20). The Hall–Kier alpha value is -1.41. The summed E-state index contributed by atoms with van der Waals surface area (Å²) in [5.41, 5.74) is 0.380. The van der Waals surface area contributed by atoms with E-state index in [-0.39, 0.29) is 27.6 Å². The molecule has 3 N–H and O–H groups in total. The van der Waals surface area contributed by atoms with Crippen LogP contribution in [0.15, 0.2) is 4.90 Å². The van der Waals surface area contributed by atoms with Crippen molar-refractivity contribution < 1.29 is 13.2 Å². The lowest BCUT2D eigenvalue weighted by atomic mass is 9.85. The molecule has 0 unspecified atom stereocenters. The first-order chi connectivity index (χ1) is 9.62. The van der Waals surface area contributed by atoms with Gasteiger partial charge in [-0.2, -0.15) is 5.10 Å². The van der Waals surface area contributed by atoms with Gasteiger partial charge in [0.15, 0.2) is 5.69 Å². The molecule has 0 radical (unpaired) electrons. The van der Waals surface area contributed by atoms with Crippen LogP contribution in [0.25, 0.3) is 0 Å². The molecule has 2 rings (SSSR count). The average Bonchev–Trinajstić information content (AvgIpc) is 2.64. The molecule has 1 saturated heterocycles. The lowest BCUT2D eigenvalue weighted by molar-refractivity contribution is 0.0747. The Morgan fingerprint density at radius 3 is 2.62 bits per heavy atom. The van der Waals surface area contributed by atoms with Gasteiger partial charge in [-0.1, -0.05) is 13.8 Å². The van der Waals surface area contributed by atoms with E-state index >= 15 is 0 Å². The molecule has 1 fully saturated rings. The van der Waals surface area contributed by atoms with Gasteiger partial charge < -0.3 is 4.90 Å². The Balaban J connectivity index is 2.29. The second-order valence-corrected chi connectivity index (χ2v) is 7.88. The molecule has 0 spiro atoms. The van der Waals surface area contributed by atoms with E-state index in [1.54, 1.807) is 4.90 Å². The Kier molecular flexibility index (Phi) is 4.12. The highest BCUT2D eigenvalue weighted by Gasteiger charge is 2.31. The van der Waals surface area contributed by atoms with Crippen molar-refractivity contribution in [1.29, 1.82) is 0 Å². The molecule has 0 bridgehead atoms. The minimum atomic E-state index is -3.98. The highest BCUT2D eigenvalue weighted by atomic mass is 32.2. The summed E-state index contributed by atoms with van der Waals surface area (Å²) >= 11 is 0. The summed E-state index contributed by atoms with van der Waals surface area (Å²) in [6.07, 6.45) is 2.82. The summed E-state index contributed by atoms with van der Waals surface area (Å²) in [6, 6.07) is 0. The minimum absolute atomic E-state index is 0.102. The van der Waals surface area contributed by atoms with Crippen LogP contribution in [0.1, 0.15) is 49.3 Å². The van der Waals surface area contributed by atoms with Crippen LogP contribution in [-0.4, -0.2) is 42.5 Å². The fourth-order valence-electron chi connectivity index (χ4n) is 2.69. The third-order valence-electron chi connectivity index (χ3n) is 4.01. The molecule has 1 aromatic heterocycles. The zero-order valence-corrected chi connectivity index (χ0v) is 13.5. The van der Waals surface area contributed by atoms with Crippen molar-refractivity contribution in [2.24, 2.45) is 10.6 Å². The molecule has 8 heteroatoms. The van der Waals surface area contributed by atoms with Gasteiger partial charge in [0.25, 0.3) is 5.91 Å². The molecule has 21 heavy (non-hydrogen) atoms. The quantitative estimate of drug-likeness (QED) is 0.849. The van der Waals surface area contributed by atoms with Crippen LogP contribution in [0.5, 0.6) is 0 Å². The fourth-order valence-corrected chi connectivity index (χ4v) is 3.56. The molecule has 0 atom stereocenters. The summed E-state index contributed by atoms with van der Waals surface area (Å²) < 4.78 is 23.3. The molecular weight excluding hydrogens is 292 g/mol. The minimum Gasteiger partial charge on any atom is -0.337 e. The SMILES string of the molecule is Cc1[nH]nc(C(=O)N2CCCC(C)(C)CC2)c1S(N)(=O)=O. The van der Waals surface area contributed by atoms with Gasteiger partial charge in [0.2, 0.25) is 10.0 Å². The lowest BCUT2D eigenvalue weighted by Crippen LogP contribution is -2.34. The molecule has 1 amide bonds. The molecule has 0 aliphatic carbocycles. The van der Waals surface area contributed by atoms with E-state index in [1.165, 1.54) is 6.92 Å². The lowest BCUT2D eigenvalue weighted by Gasteiger charge is -2.23. The Labute approximate surface area is 124 Å². The predicted molar refractivity (Wildman–Crippen MR) is 78.2 cm³/mol. The predicted octanol–water partition coefficient (Wildman–Crippen LogP) is 1.02. The van der Waals surface area contributed by atoms with Gasteiger partial charge in [-0.15, -0.1) is 0 Å². The van der Waals surface area contributed by atoms with Crippen molar-refractivity contribution in [3.05, 3.63) is 11.4 Å². The number of aryl methyl sites for hydroxylation is 1. The van der Waals surface area contributed by atoms with Gasteiger partial charge in [-0.25, -0.2) is 13.6 Å². The number of carbonyl (C=O) groups excluding carboxylic acids is 1. The van der Waals surface area contributed by atoms with Crippen LogP contribution in [-0.2, 0) is 10.0 Å². The highest BCUT2D eigenvalue weighted by molar-refractivity contribution is 7.89. The second-order valence-electron chi connectivity index (χ2n) is 6.38. The number of nitrogens with two attached hydrogens (primary N) is 1. The number of hydrogen-bond acceptors (Lipinski definition) is 4. The first-order valence-corrected chi connectivity index (χ1v) is 8.53. The monoisotopic (exact) mass is 314 g/mol. The zero-order chi connectivity index (χ0) is 15.8. The molecular formula is C13H22N4O3S. The first-order valence-electron chi connectivity index (χ1n) is 6.99. The number of primary sulfonamides is 1. The highest BCUT2D eigenvalue weighted by Crippen LogP contribution is 2.30. The van der Waals surface area contributed by atoms with Crippen molar-refractivity contribution in [2.75, 3.05) is 13.1 Å². The Morgan fingerprint density at radius 1 is 1.33 bits per heavy atom. The number of amides is 1. The van der Waals surface area contributed by atoms with Crippen LogP contribution in [0, 0.1) is 12.3 Å². The van der Waals surface area contributed by atoms with Crippen LogP contribution < -0.4 is 5.14 Å². The molecule has 0 aromatic carbocycles. The number of rotatable bonds is 2. The Morgan fingerprint density at radius 2 is 2.00 bits per heavy atom. The largest absolute Gasteiger partial charge is 0.337 e. The van der Waals surface area contributed by atoms with E-state index in [2.05, 4.69) is 24.0 Å². The molecule has 118 valence electrons. The molecule has 2 heterocycles. The summed E-state index contributed by atoms with van der Waals surface area (Å²) in [4.78, 5) is 14.0. The maximum Gasteiger partial charge on any atom is 0.275 e. The summed E-state index contributed by atoms with van der Waals surface area (Å²) in [6.45, 7) is 7.10. The van der Waals surface area contributed by atoms with Gasteiger partial charge >= 0.3 is 0 Å². The average molecular weight is 314 g/mol.